The van der Waals surface area contributed by atoms with E-state index in [0.717, 1.165) is 93.8 Å². The Labute approximate surface area is 361 Å². The number of fused-ring (bicyclic) bond motifs is 9. The van der Waals surface area contributed by atoms with E-state index in [1.807, 2.05) is 6.07 Å². The molecule has 6 heteroatoms. The summed E-state index contributed by atoms with van der Waals surface area (Å²) in [5, 5.41) is 6.68. The van der Waals surface area contributed by atoms with E-state index in [1.54, 1.807) is 0 Å². The van der Waals surface area contributed by atoms with E-state index in [1.165, 1.54) is 10.8 Å². The van der Waals surface area contributed by atoms with Gasteiger partial charge >= 0.3 is 0 Å². The molecule has 4 aromatic heterocycles. The highest BCUT2D eigenvalue weighted by atomic mass is 16.3. The fraction of sp³-hybridized carbons (Fsp3) is 0. The third-order valence-corrected chi connectivity index (χ3v) is 12.4. The molecule has 0 aliphatic rings. The van der Waals surface area contributed by atoms with Crippen molar-refractivity contribution in [2.45, 2.75) is 0 Å². The first-order chi connectivity index (χ1) is 31.3. The molecule has 0 saturated heterocycles. The van der Waals surface area contributed by atoms with Crippen LogP contribution in [-0.2, 0) is 0 Å². The van der Waals surface area contributed by atoms with Crippen LogP contribution in [0.1, 0.15) is 0 Å². The maximum Gasteiger partial charge on any atom is 0.238 e. The molecule has 0 unspecified atom stereocenters. The van der Waals surface area contributed by atoms with Crippen molar-refractivity contribution < 1.29 is 4.42 Å². The normalized spacial score (nSPS) is 11.8. The van der Waals surface area contributed by atoms with Crippen molar-refractivity contribution in [2.75, 3.05) is 0 Å². The fourth-order valence-corrected chi connectivity index (χ4v) is 9.64. The molecule has 9 aromatic carbocycles. The van der Waals surface area contributed by atoms with Gasteiger partial charge in [0.05, 0.1) is 27.8 Å². The van der Waals surface area contributed by atoms with Gasteiger partial charge < -0.3 is 8.98 Å². The van der Waals surface area contributed by atoms with E-state index in [2.05, 4.69) is 215 Å². The van der Waals surface area contributed by atoms with Crippen molar-refractivity contribution in [3.8, 4) is 56.7 Å². The number of aromatic nitrogens is 5. The predicted octanol–water partition coefficient (Wildman–Crippen LogP) is 14.6. The van der Waals surface area contributed by atoms with Crippen LogP contribution in [0.3, 0.4) is 0 Å². The summed E-state index contributed by atoms with van der Waals surface area (Å²) in [6.07, 6.45) is 0. The molecule has 0 aliphatic carbocycles. The summed E-state index contributed by atoms with van der Waals surface area (Å²) in [6.45, 7) is 0. The van der Waals surface area contributed by atoms with Crippen molar-refractivity contribution >= 4 is 65.6 Å². The second-order valence-corrected chi connectivity index (χ2v) is 16.0. The molecule has 0 bridgehead atoms. The average Bonchev–Trinajstić information content (AvgIpc) is 4.02. The minimum atomic E-state index is 0.535. The third kappa shape index (κ3) is 5.48. The van der Waals surface area contributed by atoms with Crippen molar-refractivity contribution in [1.29, 1.82) is 0 Å². The second-order valence-electron chi connectivity index (χ2n) is 16.0. The molecule has 63 heavy (non-hydrogen) atoms. The Kier molecular flexibility index (Phi) is 7.80. The third-order valence-electron chi connectivity index (χ3n) is 12.4. The highest BCUT2D eigenvalue weighted by molar-refractivity contribution is 6.17. The number of nitrogens with zero attached hydrogens (tertiary/aromatic N) is 5. The van der Waals surface area contributed by atoms with Crippen LogP contribution < -0.4 is 0 Å². The molecule has 294 valence electrons. The molecule has 13 aromatic rings. The first-order valence-corrected chi connectivity index (χ1v) is 21.2. The SMILES string of the molecule is c1ccc(-c2cc(-c3nc(-c4ccccc4-n4c5ccccc5c5ccccc54)nc(-n4c5ccccc5c5ccccc54)n3)cc3c2oc2cccc(-c4ccccc4)c23)cc1. The first kappa shape index (κ1) is 35.2. The molecule has 13 rings (SSSR count). The van der Waals surface area contributed by atoms with Gasteiger partial charge in [-0.15, -0.1) is 0 Å². The van der Waals surface area contributed by atoms with E-state index < -0.39 is 0 Å². The van der Waals surface area contributed by atoms with Crippen molar-refractivity contribution in [2.24, 2.45) is 0 Å². The lowest BCUT2D eigenvalue weighted by Gasteiger charge is -2.15. The molecular weight excluding hydrogens is 771 g/mol. The summed E-state index contributed by atoms with van der Waals surface area (Å²) in [5.74, 6) is 1.66. The molecule has 0 amide bonds. The highest BCUT2D eigenvalue weighted by Gasteiger charge is 2.23. The largest absolute Gasteiger partial charge is 0.455 e. The van der Waals surface area contributed by atoms with E-state index in [9.17, 15) is 0 Å². The van der Waals surface area contributed by atoms with E-state index in [0.29, 0.717) is 17.6 Å². The summed E-state index contributed by atoms with van der Waals surface area (Å²) >= 11 is 0. The first-order valence-electron chi connectivity index (χ1n) is 21.2. The van der Waals surface area contributed by atoms with Gasteiger partial charge in [-0.25, -0.2) is 4.98 Å². The lowest BCUT2D eigenvalue weighted by molar-refractivity contribution is 0.670. The van der Waals surface area contributed by atoms with Gasteiger partial charge in [0.25, 0.3) is 0 Å². The number of hydrogen-bond acceptors (Lipinski definition) is 4. The molecule has 4 heterocycles. The standard InChI is InChI=1S/C57H35N5O/c1-3-18-36(19-4-1)39-27-17-33-52-53(39)46-35-38(34-45(54(46)63-52)37-20-5-2-6-21-37)55-58-56(60-57(59-55)62-49-30-14-9-24-42(49)43-25-10-15-31-50(43)62)44-26-11-16-32-51(44)61-47-28-12-7-22-40(47)41-23-8-13-29-48(41)61/h1-35H. The van der Waals surface area contributed by atoms with Crippen LogP contribution in [0.5, 0.6) is 0 Å². The summed E-state index contributed by atoms with van der Waals surface area (Å²) in [4.78, 5) is 16.4. The summed E-state index contributed by atoms with van der Waals surface area (Å²) in [5.41, 5.74) is 12.9. The number of hydrogen-bond donors (Lipinski definition) is 0. The topological polar surface area (TPSA) is 61.7 Å². The van der Waals surface area contributed by atoms with Crippen LogP contribution in [-0.4, -0.2) is 24.1 Å². The monoisotopic (exact) mass is 805 g/mol. The maximum atomic E-state index is 6.83. The summed E-state index contributed by atoms with van der Waals surface area (Å²) < 4.78 is 11.3. The molecule has 0 aliphatic heterocycles. The Morgan fingerprint density at radius 1 is 0.333 bits per heavy atom. The zero-order valence-electron chi connectivity index (χ0n) is 33.9. The van der Waals surface area contributed by atoms with Crippen LogP contribution in [0.2, 0.25) is 0 Å². The smallest absolute Gasteiger partial charge is 0.238 e. The number of para-hydroxylation sites is 5. The Morgan fingerprint density at radius 2 is 0.825 bits per heavy atom. The minimum Gasteiger partial charge on any atom is -0.455 e. The molecule has 6 nitrogen and oxygen atoms in total. The Bertz CT molecular complexity index is 3810. The molecule has 0 atom stereocenters. The van der Waals surface area contributed by atoms with Crippen LogP contribution in [0.15, 0.2) is 217 Å². The second kappa shape index (κ2) is 14.0. The zero-order valence-corrected chi connectivity index (χ0v) is 33.9. The van der Waals surface area contributed by atoms with E-state index in [-0.39, 0.29) is 0 Å². The predicted molar refractivity (Wildman–Crippen MR) is 258 cm³/mol. The fourth-order valence-electron chi connectivity index (χ4n) is 9.64. The van der Waals surface area contributed by atoms with Gasteiger partial charge in [0.2, 0.25) is 5.95 Å². The van der Waals surface area contributed by atoms with Gasteiger partial charge in [0.1, 0.15) is 11.2 Å². The maximum absolute atomic E-state index is 6.83. The number of furan rings is 1. The van der Waals surface area contributed by atoms with Crippen molar-refractivity contribution in [1.82, 2.24) is 24.1 Å². The lowest BCUT2D eigenvalue weighted by Crippen LogP contribution is -2.08. The highest BCUT2D eigenvalue weighted by Crippen LogP contribution is 2.44. The van der Waals surface area contributed by atoms with Gasteiger partial charge in [-0.1, -0.05) is 158 Å². The average molecular weight is 806 g/mol. The van der Waals surface area contributed by atoms with Crippen molar-refractivity contribution in [3.63, 3.8) is 0 Å². The Morgan fingerprint density at radius 3 is 1.44 bits per heavy atom. The lowest BCUT2D eigenvalue weighted by atomic mass is 9.95. The van der Waals surface area contributed by atoms with Crippen LogP contribution in [0.25, 0.3) is 122 Å². The summed E-state index contributed by atoms with van der Waals surface area (Å²) in [6, 6.07) is 74.2. The van der Waals surface area contributed by atoms with Gasteiger partial charge in [-0.2, -0.15) is 9.97 Å². The molecule has 0 radical (unpaired) electrons. The molecule has 0 saturated carbocycles. The number of benzene rings is 9. The minimum absolute atomic E-state index is 0.535. The zero-order chi connectivity index (χ0) is 41.4. The molecule has 0 fully saturated rings. The van der Waals surface area contributed by atoms with Crippen LogP contribution in [0.4, 0.5) is 0 Å². The molecule has 0 N–H and O–H groups in total. The van der Waals surface area contributed by atoms with E-state index in [4.69, 9.17) is 19.4 Å². The Balaban J connectivity index is 1.14. The van der Waals surface area contributed by atoms with Gasteiger partial charge in [-0.3, -0.25) is 4.57 Å². The van der Waals surface area contributed by atoms with E-state index >= 15 is 0 Å². The Hall–Kier alpha value is -8.61. The van der Waals surface area contributed by atoms with Gasteiger partial charge in [0, 0.05) is 49.0 Å². The van der Waals surface area contributed by atoms with Crippen LogP contribution >= 0.6 is 0 Å². The molecule has 0 spiro atoms. The molecular formula is C57H35N5O. The van der Waals surface area contributed by atoms with Gasteiger partial charge in [-0.05, 0) is 71.3 Å². The van der Waals surface area contributed by atoms with Gasteiger partial charge in [0.15, 0.2) is 11.6 Å². The number of rotatable bonds is 6. The summed E-state index contributed by atoms with van der Waals surface area (Å²) in [7, 11) is 0. The van der Waals surface area contributed by atoms with Crippen LogP contribution in [0, 0.1) is 0 Å². The van der Waals surface area contributed by atoms with Crippen molar-refractivity contribution in [3.05, 3.63) is 212 Å². The quantitative estimate of drug-likeness (QED) is 0.168.